The summed E-state index contributed by atoms with van der Waals surface area (Å²) in [5, 5.41) is 7.14. The second kappa shape index (κ2) is 8.15. The average Bonchev–Trinajstić information content (AvgIpc) is 3.02. The number of carbonyl (C=O) groups is 2. The Morgan fingerprint density at radius 2 is 2.09 bits per heavy atom. The van der Waals surface area contributed by atoms with Gasteiger partial charge in [0, 0.05) is 11.1 Å². The minimum absolute atomic E-state index is 0.346. The lowest BCUT2D eigenvalue weighted by Crippen LogP contribution is -2.29. The summed E-state index contributed by atoms with van der Waals surface area (Å²) in [5.74, 6) is -1.09. The van der Waals surface area contributed by atoms with Crippen LogP contribution < -0.4 is 5.32 Å². The van der Waals surface area contributed by atoms with Crippen molar-refractivity contribution < 1.29 is 14.3 Å². The highest BCUT2D eigenvalue weighted by atomic mass is 35.5. The van der Waals surface area contributed by atoms with E-state index in [0.29, 0.717) is 15.7 Å². The Kier molecular flexibility index (Phi) is 6.21. The van der Waals surface area contributed by atoms with Gasteiger partial charge in [0.1, 0.15) is 0 Å². The van der Waals surface area contributed by atoms with Crippen molar-refractivity contribution in [3.05, 3.63) is 56.7 Å². The fourth-order valence-corrected chi connectivity index (χ4v) is 2.59. The van der Waals surface area contributed by atoms with E-state index in [-0.39, 0.29) is 0 Å². The van der Waals surface area contributed by atoms with Gasteiger partial charge in [-0.3, -0.25) is 4.79 Å². The summed E-state index contributed by atoms with van der Waals surface area (Å²) >= 11 is 13.3. The van der Waals surface area contributed by atoms with E-state index in [2.05, 4.69) is 5.32 Å². The molecular weight excluding hydrogens is 357 g/mol. The lowest BCUT2D eigenvalue weighted by Gasteiger charge is -2.13. The third-order valence-electron chi connectivity index (χ3n) is 2.80. The zero-order chi connectivity index (χ0) is 16.8. The molecule has 1 heterocycles. The highest BCUT2D eigenvalue weighted by Crippen LogP contribution is 2.25. The molecule has 1 aromatic carbocycles. The van der Waals surface area contributed by atoms with Crippen LogP contribution in [0.3, 0.4) is 0 Å². The average molecular weight is 370 g/mol. The number of benzene rings is 1. The van der Waals surface area contributed by atoms with E-state index in [1.54, 1.807) is 18.2 Å². The number of rotatable bonds is 5. The summed E-state index contributed by atoms with van der Waals surface area (Å²) in [6.07, 6.45) is 1.93. The van der Waals surface area contributed by atoms with Crippen molar-refractivity contribution in [3.8, 4) is 0 Å². The largest absolute Gasteiger partial charge is 0.449 e. The number of nitrogens with one attached hydrogen (secondary N) is 1. The molecule has 0 saturated heterocycles. The fraction of sp³-hybridized carbons (Fsp3) is 0.125. The number of anilines is 1. The molecule has 0 saturated carbocycles. The molecule has 0 aliphatic rings. The van der Waals surface area contributed by atoms with Gasteiger partial charge in [-0.2, -0.15) is 11.3 Å². The molecule has 0 unspecified atom stereocenters. The van der Waals surface area contributed by atoms with Crippen LogP contribution >= 0.6 is 34.5 Å². The molecule has 1 aromatic heterocycles. The molecule has 0 radical (unpaired) electrons. The molecular formula is C16H13Cl2NO3S. The normalized spacial score (nSPS) is 12.1. The third-order valence-corrected chi connectivity index (χ3v) is 4.07. The zero-order valence-electron chi connectivity index (χ0n) is 12.1. The maximum absolute atomic E-state index is 12.0. The van der Waals surface area contributed by atoms with Crippen molar-refractivity contribution in [1.29, 1.82) is 0 Å². The van der Waals surface area contributed by atoms with Crippen molar-refractivity contribution in [2.75, 3.05) is 5.32 Å². The molecule has 4 nitrogen and oxygen atoms in total. The lowest BCUT2D eigenvalue weighted by atomic mass is 10.3. The standard InChI is InChI=1S/C16H13Cl2NO3S/c1-10(22-15(20)5-2-11-6-7-23-9-11)16(21)19-14-8-12(17)3-4-13(14)18/h2-10H,1H3,(H,19,21)/b5-2+/t10-/m1/s1. The summed E-state index contributed by atoms with van der Waals surface area (Å²) in [6.45, 7) is 1.48. The second-order valence-electron chi connectivity index (χ2n) is 4.58. The summed E-state index contributed by atoms with van der Waals surface area (Å²) in [7, 11) is 0. The van der Waals surface area contributed by atoms with Crippen LogP contribution in [-0.2, 0) is 14.3 Å². The van der Waals surface area contributed by atoms with Gasteiger partial charge in [-0.05, 0) is 53.6 Å². The number of amides is 1. The monoisotopic (exact) mass is 369 g/mol. The van der Waals surface area contributed by atoms with E-state index in [0.717, 1.165) is 5.56 Å². The Labute approximate surface area is 147 Å². The van der Waals surface area contributed by atoms with Crippen molar-refractivity contribution in [3.63, 3.8) is 0 Å². The van der Waals surface area contributed by atoms with Crippen LogP contribution in [0.4, 0.5) is 5.69 Å². The predicted molar refractivity (Wildman–Crippen MR) is 94.0 cm³/mol. The molecule has 2 aromatic rings. The van der Waals surface area contributed by atoms with Gasteiger partial charge < -0.3 is 10.1 Å². The van der Waals surface area contributed by atoms with Gasteiger partial charge >= 0.3 is 5.97 Å². The molecule has 0 aliphatic carbocycles. The smallest absolute Gasteiger partial charge is 0.331 e. The number of hydrogen-bond donors (Lipinski definition) is 1. The zero-order valence-corrected chi connectivity index (χ0v) is 14.4. The van der Waals surface area contributed by atoms with Crippen LogP contribution in [-0.4, -0.2) is 18.0 Å². The first-order valence-corrected chi connectivity index (χ1v) is 8.32. The van der Waals surface area contributed by atoms with Gasteiger partial charge in [0.15, 0.2) is 6.10 Å². The van der Waals surface area contributed by atoms with E-state index in [1.807, 2.05) is 16.8 Å². The Morgan fingerprint density at radius 1 is 1.30 bits per heavy atom. The molecule has 0 spiro atoms. The van der Waals surface area contributed by atoms with E-state index in [9.17, 15) is 9.59 Å². The molecule has 1 atom stereocenters. The highest BCUT2D eigenvalue weighted by molar-refractivity contribution is 7.08. The summed E-state index contributed by atoms with van der Waals surface area (Å²) in [6, 6.07) is 6.57. The molecule has 120 valence electrons. The van der Waals surface area contributed by atoms with Gasteiger partial charge in [0.2, 0.25) is 0 Å². The summed E-state index contributed by atoms with van der Waals surface area (Å²) < 4.78 is 5.04. The first-order valence-electron chi connectivity index (χ1n) is 6.62. The fourth-order valence-electron chi connectivity index (χ4n) is 1.63. The molecule has 0 bridgehead atoms. The minimum Gasteiger partial charge on any atom is -0.449 e. The van der Waals surface area contributed by atoms with Gasteiger partial charge in [-0.15, -0.1) is 0 Å². The number of esters is 1. The Morgan fingerprint density at radius 3 is 2.78 bits per heavy atom. The number of thiophene rings is 1. The van der Waals surface area contributed by atoms with E-state index in [4.69, 9.17) is 27.9 Å². The van der Waals surface area contributed by atoms with Gasteiger partial charge in [0.05, 0.1) is 10.7 Å². The molecule has 7 heteroatoms. The van der Waals surface area contributed by atoms with E-state index >= 15 is 0 Å². The highest BCUT2D eigenvalue weighted by Gasteiger charge is 2.17. The van der Waals surface area contributed by atoms with E-state index < -0.39 is 18.0 Å². The quantitative estimate of drug-likeness (QED) is 0.616. The molecule has 2 rings (SSSR count). The summed E-state index contributed by atoms with van der Waals surface area (Å²) in [4.78, 5) is 23.7. The maximum Gasteiger partial charge on any atom is 0.331 e. The predicted octanol–water partition coefficient (Wildman–Crippen LogP) is 4.64. The first-order chi connectivity index (χ1) is 11.0. The molecule has 0 aliphatic heterocycles. The lowest BCUT2D eigenvalue weighted by molar-refractivity contribution is -0.148. The van der Waals surface area contributed by atoms with Crippen LogP contribution in [0.25, 0.3) is 6.08 Å². The van der Waals surface area contributed by atoms with Crippen LogP contribution in [0.5, 0.6) is 0 Å². The van der Waals surface area contributed by atoms with Crippen molar-refractivity contribution >= 4 is 58.2 Å². The molecule has 1 N–H and O–H groups in total. The van der Waals surface area contributed by atoms with E-state index in [1.165, 1.54) is 30.4 Å². The maximum atomic E-state index is 12.0. The molecule has 1 amide bonds. The Balaban J connectivity index is 1.92. The Hall–Kier alpha value is -1.82. The number of ether oxygens (including phenoxy) is 1. The van der Waals surface area contributed by atoms with Crippen LogP contribution in [0.1, 0.15) is 12.5 Å². The number of hydrogen-bond acceptors (Lipinski definition) is 4. The van der Waals surface area contributed by atoms with Gasteiger partial charge in [0.25, 0.3) is 5.91 Å². The van der Waals surface area contributed by atoms with Crippen LogP contribution in [0.2, 0.25) is 10.0 Å². The minimum atomic E-state index is -0.968. The SMILES string of the molecule is C[C@@H](OC(=O)/C=C/c1ccsc1)C(=O)Nc1cc(Cl)ccc1Cl. The van der Waals surface area contributed by atoms with Crippen molar-refractivity contribution in [2.45, 2.75) is 13.0 Å². The summed E-state index contributed by atoms with van der Waals surface area (Å²) in [5.41, 5.74) is 1.26. The van der Waals surface area contributed by atoms with Crippen LogP contribution in [0.15, 0.2) is 41.1 Å². The number of halogens is 2. The number of carbonyl (C=O) groups excluding carboxylic acids is 2. The molecule has 23 heavy (non-hydrogen) atoms. The Bertz CT molecular complexity index is 729. The van der Waals surface area contributed by atoms with Crippen molar-refractivity contribution in [1.82, 2.24) is 0 Å². The second-order valence-corrected chi connectivity index (χ2v) is 6.21. The van der Waals surface area contributed by atoms with Gasteiger partial charge in [-0.25, -0.2) is 4.79 Å². The first kappa shape index (κ1) is 17.5. The third kappa shape index (κ3) is 5.39. The van der Waals surface area contributed by atoms with Gasteiger partial charge in [-0.1, -0.05) is 23.2 Å². The van der Waals surface area contributed by atoms with Crippen molar-refractivity contribution in [2.24, 2.45) is 0 Å². The van der Waals surface area contributed by atoms with Crippen LogP contribution in [0, 0.1) is 0 Å². The molecule has 0 fully saturated rings. The topological polar surface area (TPSA) is 55.4 Å².